The number of aromatic nitrogens is 2. The van der Waals surface area contributed by atoms with E-state index in [9.17, 15) is 4.79 Å². The number of terminal acetylenes is 1. The summed E-state index contributed by atoms with van der Waals surface area (Å²) in [4.78, 5) is 20.0. The van der Waals surface area contributed by atoms with Crippen LogP contribution in [0.25, 0.3) is 10.9 Å². The fourth-order valence-corrected chi connectivity index (χ4v) is 2.33. The van der Waals surface area contributed by atoms with Gasteiger partial charge in [-0.05, 0) is 36.4 Å². The van der Waals surface area contributed by atoms with Crippen LogP contribution in [0.5, 0.6) is 0 Å². The molecular weight excluding hydrogens is 314 g/mol. The van der Waals surface area contributed by atoms with E-state index in [-0.39, 0.29) is 5.91 Å². The molecular formula is C19H15N5O. The summed E-state index contributed by atoms with van der Waals surface area (Å²) in [6, 6.07) is 10.8. The number of carbonyl (C=O) groups is 1. The van der Waals surface area contributed by atoms with Gasteiger partial charge in [-0.2, -0.15) is 0 Å². The van der Waals surface area contributed by atoms with Gasteiger partial charge in [0.05, 0.1) is 16.9 Å². The first kappa shape index (κ1) is 16.0. The number of hydrogen-bond acceptors (Lipinski definition) is 5. The molecule has 1 amide bonds. The summed E-state index contributed by atoms with van der Waals surface area (Å²) in [5.74, 6) is 2.84. The van der Waals surface area contributed by atoms with E-state index in [4.69, 9.17) is 12.2 Å². The van der Waals surface area contributed by atoms with Crippen LogP contribution in [0, 0.1) is 12.3 Å². The molecule has 1 aromatic heterocycles. The van der Waals surface area contributed by atoms with Gasteiger partial charge in [0.25, 0.3) is 0 Å². The topological polar surface area (TPSA) is 92.9 Å². The lowest BCUT2D eigenvalue weighted by Crippen LogP contribution is -2.09. The standard InChI is InChI=1S/C19H15N5O/c1-3-12-6-5-7-13(8-12)23-19-14-9-15(20)17(24-18(25)4-2)10-16(14)21-11-22-19/h1,4-11H,2,20H2,(H,24,25)(H,21,22,23). The van der Waals surface area contributed by atoms with Crippen LogP contribution >= 0.6 is 0 Å². The largest absolute Gasteiger partial charge is 0.397 e. The molecule has 25 heavy (non-hydrogen) atoms. The van der Waals surface area contributed by atoms with Crippen molar-refractivity contribution in [3.05, 3.63) is 60.9 Å². The molecule has 6 heteroatoms. The van der Waals surface area contributed by atoms with E-state index < -0.39 is 0 Å². The highest BCUT2D eigenvalue weighted by Crippen LogP contribution is 2.30. The van der Waals surface area contributed by atoms with Gasteiger partial charge in [-0.3, -0.25) is 4.79 Å². The fourth-order valence-electron chi connectivity index (χ4n) is 2.33. The lowest BCUT2D eigenvalue weighted by Gasteiger charge is -2.12. The summed E-state index contributed by atoms with van der Waals surface area (Å²) in [6.45, 7) is 3.42. The van der Waals surface area contributed by atoms with Crippen LogP contribution in [-0.2, 0) is 4.79 Å². The van der Waals surface area contributed by atoms with E-state index in [1.165, 1.54) is 12.4 Å². The number of anilines is 4. The minimum atomic E-state index is -0.343. The van der Waals surface area contributed by atoms with Crippen molar-refractivity contribution in [2.45, 2.75) is 0 Å². The normalized spacial score (nSPS) is 10.0. The number of benzene rings is 2. The van der Waals surface area contributed by atoms with Crippen molar-refractivity contribution in [3.8, 4) is 12.3 Å². The first-order valence-electron chi connectivity index (χ1n) is 7.42. The molecule has 0 spiro atoms. The molecule has 1 heterocycles. The maximum Gasteiger partial charge on any atom is 0.247 e. The first-order valence-corrected chi connectivity index (χ1v) is 7.42. The number of amides is 1. The van der Waals surface area contributed by atoms with Crippen LogP contribution in [0.3, 0.4) is 0 Å². The Hall–Kier alpha value is -3.85. The van der Waals surface area contributed by atoms with Crippen molar-refractivity contribution in [1.29, 1.82) is 0 Å². The van der Waals surface area contributed by atoms with E-state index in [0.29, 0.717) is 22.7 Å². The van der Waals surface area contributed by atoms with E-state index >= 15 is 0 Å². The zero-order chi connectivity index (χ0) is 17.8. The van der Waals surface area contributed by atoms with Crippen LogP contribution in [0.1, 0.15) is 5.56 Å². The third-order valence-electron chi connectivity index (χ3n) is 3.54. The minimum absolute atomic E-state index is 0.343. The molecule has 0 saturated heterocycles. The Kier molecular flexibility index (Phi) is 4.31. The highest BCUT2D eigenvalue weighted by atomic mass is 16.1. The average molecular weight is 329 g/mol. The third kappa shape index (κ3) is 3.41. The van der Waals surface area contributed by atoms with E-state index in [1.807, 2.05) is 24.3 Å². The molecule has 0 saturated carbocycles. The van der Waals surface area contributed by atoms with E-state index in [0.717, 1.165) is 16.6 Å². The van der Waals surface area contributed by atoms with Crippen molar-refractivity contribution in [2.24, 2.45) is 0 Å². The minimum Gasteiger partial charge on any atom is -0.397 e. The van der Waals surface area contributed by atoms with Gasteiger partial charge in [-0.15, -0.1) is 6.42 Å². The Morgan fingerprint density at radius 3 is 2.88 bits per heavy atom. The second-order valence-corrected chi connectivity index (χ2v) is 5.22. The average Bonchev–Trinajstić information content (AvgIpc) is 2.63. The first-order chi connectivity index (χ1) is 12.1. The number of nitrogens with zero attached hydrogens (tertiary/aromatic N) is 2. The number of hydrogen-bond donors (Lipinski definition) is 3. The molecule has 0 atom stereocenters. The van der Waals surface area contributed by atoms with Gasteiger partial charge in [0.1, 0.15) is 12.1 Å². The number of nitrogens with two attached hydrogens (primary N) is 1. The molecule has 4 N–H and O–H groups in total. The molecule has 2 aromatic carbocycles. The molecule has 0 aliphatic heterocycles. The molecule has 3 aromatic rings. The smallest absolute Gasteiger partial charge is 0.247 e. The van der Waals surface area contributed by atoms with Crippen molar-refractivity contribution in [1.82, 2.24) is 9.97 Å². The summed E-state index contributed by atoms with van der Waals surface area (Å²) in [7, 11) is 0. The van der Waals surface area contributed by atoms with Gasteiger partial charge in [-0.25, -0.2) is 9.97 Å². The van der Waals surface area contributed by atoms with Gasteiger partial charge in [0.2, 0.25) is 5.91 Å². The Bertz CT molecular complexity index is 1020. The molecule has 0 unspecified atom stereocenters. The highest BCUT2D eigenvalue weighted by Gasteiger charge is 2.10. The zero-order valence-corrected chi connectivity index (χ0v) is 13.3. The summed E-state index contributed by atoms with van der Waals surface area (Å²) >= 11 is 0. The lowest BCUT2D eigenvalue weighted by atomic mass is 10.1. The van der Waals surface area contributed by atoms with Gasteiger partial charge < -0.3 is 16.4 Å². The molecule has 3 rings (SSSR count). The van der Waals surface area contributed by atoms with Gasteiger partial charge in [0.15, 0.2) is 0 Å². The molecule has 0 aliphatic rings. The van der Waals surface area contributed by atoms with Crippen LogP contribution in [0.4, 0.5) is 22.9 Å². The molecule has 6 nitrogen and oxygen atoms in total. The van der Waals surface area contributed by atoms with Crippen LogP contribution < -0.4 is 16.4 Å². The van der Waals surface area contributed by atoms with Crippen LogP contribution in [0.15, 0.2) is 55.4 Å². The van der Waals surface area contributed by atoms with Crippen LogP contribution in [-0.4, -0.2) is 15.9 Å². The second kappa shape index (κ2) is 6.72. The number of fused-ring (bicyclic) bond motifs is 1. The maximum absolute atomic E-state index is 11.5. The van der Waals surface area contributed by atoms with E-state index in [2.05, 4.69) is 33.1 Å². The molecule has 0 bridgehead atoms. The fraction of sp³-hybridized carbons (Fsp3) is 0. The summed E-state index contributed by atoms with van der Waals surface area (Å²) in [5.41, 5.74) is 9.11. The maximum atomic E-state index is 11.5. The van der Waals surface area contributed by atoms with Gasteiger partial charge in [-0.1, -0.05) is 18.6 Å². The van der Waals surface area contributed by atoms with Crippen molar-refractivity contribution >= 4 is 39.7 Å². The molecule has 0 aliphatic carbocycles. The monoisotopic (exact) mass is 329 g/mol. The number of rotatable bonds is 4. The van der Waals surface area contributed by atoms with E-state index in [1.54, 1.807) is 12.1 Å². The number of carbonyl (C=O) groups excluding carboxylic acids is 1. The van der Waals surface area contributed by atoms with Gasteiger partial charge >= 0.3 is 0 Å². The SMILES string of the molecule is C#Cc1cccc(Nc2ncnc3cc(NC(=O)C=C)c(N)cc23)c1. The Labute approximate surface area is 144 Å². The number of nitrogen functional groups attached to an aromatic ring is 1. The number of nitrogens with one attached hydrogen (secondary N) is 2. The summed E-state index contributed by atoms with van der Waals surface area (Å²) in [6.07, 6.45) is 8.04. The zero-order valence-electron chi connectivity index (χ0n) is 13.3. The lowest BCUT2D eigenvalue weighted by molar-refractivity contribution is -0.111. The Balaban J connectivity index is 2.02. The van der Waals surface area contributed by atoms with Crippen molar-refractivity contribution < 1.29 is 4.79 Å². The summed E-state index contributed by atoms with van der Waals surface area (Å²) in [5, 5.41) is 6.59. The predicted molar refractivity (Wildman–Crippen MR) is 100 cm³/mol. The second-order valence-electron chi connectivity index (χ2n) is 5.22. The molecule has 122 valence electrons. The summed E-state index contributed by atoms with van der Waals surface area (Å²) < 4.78 is 0. The molecule has 0 fully saturated rings. The molecule has 0 radical (unpaired) electrons. The van der Waals surface area contributed by atoms with Crippen molar-refractivity contribution in [2.75, 3.05) is 16.4 Å². The van der Waals surface area contributed by atoms with Crippen LogP contribution in [0.2, 0.25) is 0 Å². The third-order valence-corrected chi connectivity index (χ3v) is 3.54. The Morgan fingerprint density at radius 2 is 2.12 bits per heavy atom. The van der Waals surface area contributed by atoms with Crippen molar-refractivity contribution in [3.63, 3.8) is 0 Å². The van der Waals surface area contributed by atoms with Gasteiger partial charge in [0, 0.05) is 16.6 Å². The Morgan fingerprint density at radius 1 is 1.28 bits per heavy atom. The predicted octanol–water partition coefficient (Wildman–Crippen LogP) is 3.06. The highest BCUT2D eigenvalue weighted by molar-refractivity contribution is 6.04. The quantitative estimate of drug-likeness (QED) is 0.389.